The summed E-state index contributed by atoms with van der Waals surface area (Å²) in [7, 11) is 1.56. The SMILES string of the molecule is COc1ccc(C(=O)Cn2c(C)cccc2=O)cc1Br. The third-order valence-corrected chi connectivity index (χ3v) is 3.66. The molecule has 0 spiro atoms. The zero-order chi connectivity index (χ0) is 14.7. The average Bonchev–Trinajstić information content (AvgIpc) is 2.42. The number of hydrogen-bond donors (Lipinski definition) is 0. The highest BCUT2D eigenvalue weighted by Crippen LogP contribution is 2.25. The van der Waals surface area contributed by atoms with Gasteiger partial charge in [-0.05, 0) is 47.1 Å². The second-order valence-corrected chi connectivity index (χ2v) is 5.22. The molecule has 0 radical (unpaired) electrons. The molecule has 2 rings (SSSR count). The number of benzene rings is 1. The van der Waals surface area contributed by atoms with Crippen molar-refractivity contribution < 1.29 is 9.53 Å². The number of aryl methyl sites for hydroxylation is 1. The summed E-state index contributed by atoms with van der Waals surface area (Å²) in [5, 5.41) is 0. The monoisotopic (exact) mass is 335 g/mol. The van der Waals surface area contributed by atoms with Crippen LogP contribution in [0.5, 0.6) is 5.75 Å². The Morgan fingerprint density at radius 2 is 2.05 bits per heavy atom. The first-order valence-corrected chi connectivity index (χ1v) is 6.85. The molecule has 0 atom stereocenters. The van der Waals surface area contributed by atoms with Gasteiger partial charge in [0.15, 0.2) is 5.78 Å². The van der Waals surface area contributed by atoms with Crippen LogP contribution in [0.4, 0.5) is 0 Å². The number of aromatic nitrogens is 1. The van der Waals surface area contributed by atoms with Crippen molar-refractivity contribution in [3.05, 3.63) is 62.5 Å². The molecular formula is C15H14BrNO3. The van der Waals surface area contributed by atoms with Crippen LogP contribution in [0, 0.1) is 6.92 Å². The number of pyridine rings is 1. The van der Waals surface area contributed by atoms with E-state index in [-0.39, 0.29) is 17.9 Å². The number of ketones is 1. The zero-order valence-electron chi connectivity index (χ0n) is 11.2. The summed E-state index contributed by atoms with van der Waals surface area (Å²) in [6.07, 6.45) is 0. The van der Waals surface area contributed by atoms with Crippen molar-refractivity contribution in [3.8, 4) is 5.75 Å². The Hall–Kier alpha value is -1.88. The van der Waals surface area contributed by atoms with E-state index in [2.05, 4.69) is 15.9 Å². The average molecular weight is 336 g/mol. The molecule has 1 aromatic heterocycles. The van der Waals surface area contributed by atoms with E-state index in [1.54, 1.807) is 44.4 Å². The molecule has 104 valence electrons. The molecule has 0 amide bonds. The van der Waals surface area contributed by atoms with Crippen molar-refractivity contribution in [2.45, 2.75) is 13.5 Å². The summed E-state index contributed by atoms with van der Waals surface area (Å²) >= 11 is 3.34. The second kappa shape index (κ2) is 6.05. The normalized spacial score (nSPS) is 10.3. The van der Waals surface area contributed by atoms with Gasteiger partial charge in [0.1, 0.15) is 5.75 Å². The fourth-order valence-corrected chi connectivity index (χ4v) is 2.44. The molecular weight excluding hydrogens is 322 g/mol. The van der Waals surface area contributed by atoms with Crippen molar-refractivity contribution in [2.75, 3.05) is 7.11 Å². The van der Waals surface area contributed by atoms with Crippen LogP contribution in [0.2, 0.25) is 0 Å². The highest BCUT2D eigenvalue weighted by atomic mass is 79.9. The van der Waals surface area contributed by atoms with Crippen molar-refractivity contribution in [2.24, 2.45) is 0 Å². The fraction of sp³-hybridized carbons (Fsp3) is 0.200. The van der Waals surface area contributed by atoms with Crippen LogP contribution in [0.3, 0.4) is 0 Å². The van der Waals surface area contributed by atoms with Gasteiger partial charge in [0.2, 0.25) is 0 Å². The van der Waals surface area contributed by atoms with E-state index in [1.165, 1.54) is 10.6 Å². The zero-order valence-corrected chi connectivity index (χ0v) is 12.8. The number of Topliss-reactive ketones (excluding diaryl/α,β-unsaturated/α-hetero) is 1. The Morgan fingerprint density at radius 3 is 2.65 bits per heavy atom. The first-order valence-electron chi connectivity index (χ1n) is 6.06. The lowest BCUT2D eigenvalue weighted by Crippen LogP contribution is -2.25. The minimum atomic E-state index is -0.175. The maximum atomic E-state index is 12.2. The summed E-state index contributed by atoms with van der Waals surface area (Å²) in [6, 6.07) is 10.0. The molecule has 2 aromatic rings. The van der Waals surface area contributed by atoms with Gasteiger partial charge in [-0.3, -0.25) is 9.59 Å². The van der Waals surface area contributed by atoms with E-state index in [1.807, 2.05) is 0 Å². The number of rotatable bonds is 4. The van der Waals surface area contributed by atoms with Crippen LogP contribution in [0.25, 0.3) is 0 Å². The van der Waals surface area contributed by atoms with Gasteiger partial charge in [-0.2, -0.15) is 0 Å². The van der Waals surface area contributed by atoms with Gasteiger partial charge in [-0.1, -0.05) is 6.07 Å². The second-order valence-electron chi connectivity index (χ2n) is 4.36. The van der Waals surface area contributed by atoms with E-state index in [4.69, 9.17) is 4.74 Å². The minimum absolute atomic E-state index is 0.0320. The lowest BCUT2D eigenvalue weighted by Gasteiger charge is -2.09. The smallest absolute Gasteiger partial charge is 0.251 e. The molecule has 0 unspecified atom stereocenters. The Kier molecular flexibility index (Phi) is 4.39. The van der Waals surface area contributed by atoms with Crippen molar-refractivity contribution in [1.82, 2.24) is 4.57 Å². The standard InChI is InChI=1S/C15H14BrNO3/c1-10-4-3-5-15(19)17(10)9-13(18)11-6-7-14(20-2)12(16)8-11/h3-8H,9H2,1-2H3. The van der Waals surface area contributed by atoms with Crippen LogP contribution in [-0.4, -0.2) is 17.5 Å². The van der Waals surface area contributed by atoms with Crippen LogP contribution in [0.15, 0.2) is 45.7 Å². The van der Waals surface area contributed by atoms with Crippen LogP contribution in [0.1, 0.15) is 16.1 Å². The summed E-state index contributed by atoms with van der Waals surface area (Å²) in [5.41, 5.74) is 1.12. The minimum Gasteiger partial charge on any atom is -0.496 e. The maximum Gasteiger partial charge on any atom is 0.251 e. The maximum absolute atomic E-state index is 12.2. The van der Waals surface area contributed by atoms with Gasteiger partial charge in [-0.25, -0.2) is 0 Å². The molecule has 0 saturated carbocycles. The van der Waals surface area contributed by atoms with Crippen molar-refractivity contribution in [1.29, 1.82) is 0 Å². The van der Waals surface area contributed by atoms with E-state index < -0.39 is 0 Å². The molecule has 4 nitrogen and oxygen atoms in total. The third kappa shape index (κ3) is 2.99. The first-order chi connectivity index (χ1) is 9.52. The fourth-order valence-electron chi connectivity index (χ4n) is 1.90. The number of nitrogens with zero attached hydrogens (tertiary/aromatic N) is 1. The summed E-state index contributed by atoms with van der Waals surface area (Å²) in [5.74, 6) is 0.541. The van der Waals surface area contributed by atoms with E-state index in [0.29, 0.717) is 15.8 Å². The topological polar surface area (TPSA) is 48.3 Å². The molecule has 1 aromatic carbocycles. The molecule has 0 fully saturated rings. The van der Waals surface area contributed by atoms with Gasteiger partial charge >= 0.3 is 0 Å². The summed E-state index contributed by atoms with van der Waals surface area (Å²) < 4.78 is 7.29. The lowest BCUT2D eigenvalue weighted by atomic mass is 10.1. The van der Waals surface area contributed by atoms with Crippen molar-refractivity contribution in [3.63, 3.8) is 0 Å². The molecule has 5 heteroatoms. The van der Waals surface area contributed by atoms with E-state index in [9.17, 15) is 9.59 Å². The number of halogens is 1. The Morgan fingerprint density at radius 1 is 1.30 bits per heavy atom. The van der Waals surface area contributed by atoms with Crippen LogP contribution in [-0.2, 0) is 6.54 Å². The van der Waals surface area contributed by atoms with Crippen LogP contribution >= 0.6 is 15.9 Å². The Bertz CT molecular complexity index is 707. The van der Waals surface area contributed by atoms with Crippen LogP contribution < -0.4 is 10.3 Å². The predicted octanol–water partition coefficient (Wildman–Crippen LogP) is 2.81. The van der Waals surface area contributed by atoms with Gasteiger partial charge < -0.3 is 9.30 Å². The third-order valence-electron chi connectivity index (χ3n) is 3.04. The quantitative estimate of drug-likeness (QED) is 0.807. The summed E-state index contributed by atoms with van der Waals surface area (Å²) in [6.45, 7) is 1.84. The number of hydrogen-bond acceptors (Lipinski definition) is 3. The molecule has 20 heavy (non-hydrogen) atoms. The van der Waals surface area contributed by atoms with Gasteiger partial charge in [0.25, 0.3) is 5.56 Å². The van der Waals surface area contributed by atoms with Crippen molar-refractivity contribution >= 4 is 21.7 Å². The van der Waals surface area contributed by atoms with Gasteiger partial charge in [-0.15, -0.1) is 0 Å². The number of carbonyl (C=O) groups is 1. The Balaban J connectivity index is 2.29. The molecule has 0 bridgehead atoms. The molecule has 1 heterocycles. The van der Waals surface area contributed by atoms with Gasteiger partial charge in [0, 0.05) is 17.3 Å². The molecule has 0 aliphatic heterocycles. The highest BCUT2D eigenvalue weighted by molar-refractivity contribution is 9.10. The largest absolute Gasteiger partial charge is 0.496 e. The molecule has 0 saturated heterocycles. The first kappa shape index (κ1) is 14.5. The van der Waals surface area contributed by atoms with Gasteiger partial charge in [0.05, 0.1) is 18.1 Å². The predicted molar refractivity (Wildman–Crippen MR) is 80.5 cm³/mol. The van der Waals surface area contributed by atoms with E-state index in [0.717, 1.165) is 5.69 Å². The Labute approximate surface area is 125 Å². The molecule has 0 N–H and O–H groups in total. The molecule has 0 aliphatic carbocycles. The number of methoxy groups -OCH3 is 1. The highest BCUT2D eigenvalue weighted by Gasteiger charge is 2.11. The lowest BCUT2D eigenvalue weighted by molar-refractivity contribution is 0.0970. The van der Waals surface area contributed by atoms with E-state index >= 15 is 0 Å². The summed E-state index contributed by atoms with van der Waals surface area (Å²) in [4.78, 5) is 24.0. The number of carbonyl (C=O) groups excluding carboxylic acids is 1. The number of ether oxygens (including phenoxy) is 1. The molecule has 0 aliphatic rings.